The highest BCUT2D eigenvalue weighted by molar-refractivity contribution is 7.90. The number of benzene rings is 1. The van der Waals surface area contributed by atoms with Gasteiger partial charge in [-0.05, 0) is 18.2 Å². The topological polar surface area (TPSA) is 91.2 Å². The van der Waals surface area contributed by atoms with Gasteiger partial charge in [0.25, 0.3) is 0 Å². The highest BCUT2D eigenvalue weighted by atomic mass is 32.2. The van der Waals surface area contributed by atoms with Gasteiger partial charge < -0.3 is 4.74 Å². The van der Waals surface area contributed by atoms with E-state index in [1.54, 1.807) is 6.07 Å². The molecule has 0 atom stereocenters. The predicted molar refractivity (Wildman–Crippen MR) is 91.2 cm³/mol. The second-order valence-corrected chi connectivity index (χ2v) is 7.32. The fourth-order valence-electron chi connectivity index (χ4n) is 2.29. The lowest BCUT2D eigenvalue weighted by molar-refractivity contribution is 0.0593. The number of nitrogens with zero attached hydrogens (tertiary/aromatic N) is 3. The van der Waals surface area contributed by atoms with E-state index >= 15 is 0 Å². The highest BCUT2D eigenvalue weighted by Gasteiger charge is 2.18. The smallest absolute Gasteiger partial charge is 0.358 e. The summed E-state index contributed by atoms with van der Waals surface area (Å²) in [6.07, 6.45) is 2.38. The number of esters is 1. The number of carbonyl (C=O) groups excluding carboxylic acids is 1. The molecule has 1 aromatic carbocycles. The van der Waals surface area contributed by atoms with Gasteiger partial charge in [0.15, 0.2) is 21.3 Å². The van der Waals surface area contributed by atoms with Gasteiger partial charge in [0.1, 0.15) is 0 Å². The lowest BCUT2D eigenvalue weighted by atomic mass is 10.1. The minimum atomic E-state index is -3.34. The molecule has 0 spiro atoms. The van der Waals surface area contributed by atoms with Crippen molar-refractivity contribution in [3.8, 4) is 17.1 Å². The Morgan fingerprint density at radius 1 is 1.12 bits per heavy atom. The fourth-order valence-corrected chi connectivity index (χ4v) is 2.85. The maximum atomic E-state index is 11.8. The van der Waals surface area contributed by atoms with Gasteiger partial charge in [-0.25, -0.2) is 22.9 Å². The number of hydrogen-bond donors (Lipinski definition) is 0. The van der Waals surface area contributed by atoms with E-state index in [1.165, 1.54) is 30.1 Å². The van der Waals surface area contributed by atoms with Crippen LogP contribution in [0.25, 0.3) is 17.1 Å². The number of methoxy groups -OCH3 is 1. The van der Waals surface area contributed by atoms with Crippen LogP contribution in [-0.4, -0.2) is 42.5 Å². The molecular formula is C17H15N3O4S. The Bertz CT molecular complexity index is 1010. The van der Waals surface area contributed by atoms with Crippen molar-refractivity contribution in [1.29, 1.82) is 0 Å². The van der Waals surface area contributed by atoms with Crippen molar-refractivity contribution in [2.75, 3.05) is 13.4 Å². The van der Waals surface area contributed by atoms with Crippen molar-refractivity contribution in [3.63, 3.8) is 0 Å². The summed E-state index contributed by atoms with van der Waals surface area (Å²) >= 11 is 0. The molecule has 0 amide bonds. The third-order valence-electron chi connectivity index (χ3n) is 3.54. The summed E-state index contributed by atoms with van der Waals surface area (Å²) in [5.41, 5.74) is 1.61. The van der Waals surface area contributed by atoms with Crippen LogP contribution < -0.4 is 0 Å². The van der Waals surface area contributed by atoms with Crippen molar-refractivity contribution < 1.29 is 17.9 Å². The Morgan fingerprint density at radius 2 is 1.84 bits per heavy atom. The van der Waals surface area contributed by atoms with Gasteiger partial charge in [0.2, 0.25) is 0 Å². The quantitative estimate of drug-likeness (QED) is 0.664. The van der Waals surface area contributed by atoms with Gasteiger partial charge in [0, 0.05) is 18.0 Å². The Morgan fingerprint density at radius 3 is 2.40 bits per heavy atom. The number of aromatic nitrogens is 3. The average molecular weight is 357 g/mol. The van der Waals surface area contributed by atoms with Gasteiger partial charge in [-0.3, -0.25) is 0 Å². The largest absolute Gasteiger partial charge is 0.464 e. The van der Waals surface area contributed by atoms with Crippen molar-refractivity contribution in [2.24, 2.45) is 0 Å². The number of rotatable bonds is 4. The Hall–Kier alpha value is -3.00. The SMILES string of the molecule is COC(=O)c1cc(-c2ccccc2)n(-c2ccc(S(C)(=O)=O)cn2)n1. The molecule has 0 bridgehead atoms. The van der Waals surface area contributed by atoms with Crippen LogP contribution in [0.3, 0.4) is 0 Å². The zero-order valence-electron chi connectivity index (χ0n) is 13.6. The van der Waals surface area contributed by atoms with Crippen LogP contribution in [0.2, 0.25) is 0 Å². The molecule has 0 N–H and O–H groups in total. The van der Waals surface area contributed by atoms with Gasteiger partial charge in [0.05, 0.1) is 17.7 Å². The lowest BCUT2D eigenvalue weighted by Crippen LogP contribution is -2.06. The summed E-state index contributed by atoms with van der Waals surface area (Å²) in [5.74, 6) is -0.176. The van der Waals surface area contributed by atoms with E-state index in [9.17, 15) is 13.2 Å². The molecule has 0 fully saturated rings. The summed E-state index contributed by atoms with van der Waals surface area (Å²) in [5, 5.41) is 4.25. The van der Waals surface area contributed by atoms with Crippen molar-refractivity contribution in [3.05, 3.63) is 60.4 Å². The molecular weight excluding hydrogens is 342 g/mol. The summed E-state index contributed by atoms with van der Waals surface area (Å²) in [7, 11) is -2.06. The van der Waals surface area contributed by atoms with Crippen molar-refractivity contribution in [2.45, 2.75) is 4.90 Å². The fraction of sp³-hybridized carbons (Fsp3) is 0.118. The molecule has 3 aromatic rings. The second-order valence-electron chi connectivity index (χ2n) is 5.31. The van der Waals surface area contributed by atoms with Gasteiger partial charge >= 0.3 is 5.97 Å². The van der Waals surface area contributed by atoms with E-state index in [1.807, 2.05) is 30.3 Å². The Balaban J connectivity index is 2.14. The molecule has 0 aliphatic rings. The van der Waals surface area contributed by atoms with Crippen LogP contribution >= 0.6 is 0 Å². The summed E-state index contributed by atoms with van der Waals surface area (Å²) in [4.78, 5) is 16.1. The van der Waals surface area contributed by atoms with E-state index in [0.29, 0.717) is 11.5 Å². The molecule has 25 heavy (non-hydrogen) atoms. The van der Waals surface area contributed by atoms with E-state index in [2.05, 4.69) is 10.1 Å². The number of carbonyl (C=O) groups is 1. The third-order valence-corrected chi connectivity index (χ3v) is 4.64. The third kappa shape index (κ3) is 3.43. The molecule has 0 aliphatic heterocycles. The zero-order valence-corrected chi connectivity index (χ0v) is 14.4. The number of pyridine rings is 1. The average Bonchev–Trinajstić information content (AvgIpc) is 3.06. The van der Waals surface area contributed by atoms with E-state index in [4.69, 9.17) is 4.74 Å². The second kappa shape index (κ2) is 6.48. The predicted octanol–water partition coefficient (Wildman–Crippen LogP) is 2.12. The standard InChI is InChI=1S/C17H15N3O4S/c1-24-17(21)14-10-15(12-6-4-3-5-7-12)20(19-14)16-9-8-13(11-18-16)25(2,22)23/h3-11H,1-2H3. The minimum absolute atomic E-state index is 0.109. The maximum Gasteiger partial charge on any atom is 0.358 e. The summed E-state index contributed by atoms with van der Waals surface area (Å²) in [6, 6.07) is 14.0. The monoisotopic (exact) mass is 357 g/mol. The number of hydrogen-bond acceptors (Lipinski definition) is 6. The molecule has 8 heteroatoms. The van der Waals surface area contributed by atoms with Crippen molar-refractivity contribution in [1.82, 2.24) is 14.8 Å². The van der Waals surface area contributed by atoms with Crippen LogP contribution in [0.4, 0.5) is 0 Å². The molecule has 0 saturated carbocycles. The first-order valence-corrected chi connectivity index (χ1v) is 9.19. The summed E-state index contributed by atoms with van der Waals surface area (Å²) in [6.45, 7) is 0. The first kappa shape index (κ1) is 16.8. The first-order valence-electron chi connectivity index (χ1n) is 7.30. The Kier molecular flexibility index (Phi) is 4.37. The number of ether oxygens (including phenoxy) is 1. The van der Waals surface area contributed by atoms with Crippen LogP contribution in [0.5, 0.6) is 0 Å². The molecule has 0 aliphatic carbocycles. The van der Waals surface area contributed by atoms with Crippen LogP contribution in [0.15, 0.2) is 59.6 Å². The normalized spacial score (nSPS) is 11.3. The summed E-state index contributed by atoms with van der Waals surface area (Å²) < 4.78 is 29.4. The lowest BCUT2D eigenvalue weighted by Gasteiger charge is -2.07. The molecule has 2 heterocycles. The van der Waals surface area contributed by atoms with Gasteiger partial charge in [-0.2, -0.15) is 5.10 Å². The Labute approximate surface area is 144 Å². The maximum absolute atomic E-state index is 11.8. The van der Waals surface area contributed by atoms with Crippen LogP contribution in [0, 0.1) is 0 Å². The van der Waals surface area contributed by atoms with Crippen LogP contribution in [-0.2, 0) is 14.6 Å². The molecule has 0 unspecified atom stereocenters. The van der Waals surface area contributed by atoms with Crippen LogP contribution in [0.1, 0.15) is 10.5 Å². The van der Waals surface area contributed by atoms with E-state index in [-0.39, 0.29) is 10.6 Å². The van der Waals surface area contributed by atoms with Crippen molar-refractivity contribution >= 4 is 15.8 Å². The molecule has 3 rings (SSSR count). The molecule has 0 saturated heterocycles. The molecule has 0 radical (unpaired) electrons. The van der Waals surface area contributed by atoms with Gasteiger partial charge in [-0.15, -0.1) is 0 Å². The zero-order chi connectivity index (χ0) is 18.0. The molecule has 7 nitrogen and oxygen atoms in total. The minimum Gasteiger partial charge on any atom is -0.464 e. The number of sulfone groups is 1. The van der Waals surface area contributed by atoms with E-state index in [0.717, 1.165) is 11.8 Å². The first-order chi connectivity index (χ1) is 11.9. The molecule has 128 valence electrons. The van der Waals surface area contributed by atoms with E-state index < -0.39 is 15.8 Å². The molecule has 2 aromatic heterocycles. The van der Waals surface area contributed by atoms with Gasteiger partial charge in [-0.1, -0.05) is 30.3 Å². The highest BCUT2D eigenvalue weighted by Crippen LogP contribution is 2.24.